The highest BCUT2D eigenvalue weighted by Crippen LogP contribution is 2.33. The minimum Gasteiger partial charge on any atom is -0.545 e. The van der Waals surface area contributed by atoms with Crippen molar-refractivity contribution < 1.29 is 31.5 Å². The van der Waals surface area contributed by atoms with Gasteiger partial charge >= 0.3 is 6.18 Å². The Morgan fingerprint density at radius 1 is 1.22 bits per heavy atom. The summed E-state index contributed by atoms with van der Waals surface area (Å²) in [7, 11) is -4.41. The maximum atomic E-state index is 12.9. The third-order valence-corrected chi connectivity index (χ3v) is 5.62. The zero-order valence-corrected chi connectivity index (χ0v) is 15.1. The molecule has 0 heterocycles. The Morgan fingerprint density at radius 3 is 2.44 bits per heavy atom. The molecule has 0 bridgehead atoms. The van der Waals surface area contributed by atoms with Crippen LogP contribution in [0.25, 0.3) is 0 Å². The summed E-state index contributed by atoms with van der Waals surface area (Å²) < 4.78 is 65.3. The number of hydrogen-bond donors (Lipinski definition) is 0. The average Bonchev–Trinajstić information content (AvgIpc) is 2.58. The molecule has 0 unspecified atom stereocenters. The first-order valence-corrected chi connectivity index (χ1v) is 9.12. The molecule has 0 aromatic heterocycles. The van der Waals surface area contributed by atoms with E-state index in [4.69, 9.17) is 11.6 Å². The van der Waals surface area contributed by atoms with Crippen molar-refractivity contribution in [1.29, 1.82) is 0 Å². The first-order chi connectivity index (χ1) is 12.5. The fourth-order valence-corrected chi connectivity index (χ4v) is 3.89. The molecule has 2 aromatic rings. The summed E-state index contributed by atoms with van der Waals surface area (Å²) in [5.41, 5.74) is -1.84. The van der Waals surface area contributed by atoms with E-state index < -0.39 is 38.2 Å². The highest BCUT2D eigenvalue weighted by atomic mass is 35.5. The first-order valence-electron chi connectivity index (χ1n) is 7.30. The third-order valence-electron chi connectivity index (χ3n) is 3.50. The molecule has 0 saturated heterocycles. The van der Waals surface area contributed by atoms with Crippen molar-refractivity contribution in [3.05, 3.63) is 71.3 Å². The number of anilines is 1. The van der Waals surface area contributed by atoms with Crippen LogP contribution in [0.3, 0.4) is 0 Å². The van der Waals surface area contributed by atoms with Gasteiger partial charge in [-0.05, 0) is 36.4 Å². The number of halogens is 4. The van der Waals surface area contributed by atoms with Crippen LogP contribution < -0.4 is 9.41 Å². The van der Waals surface area contributed by atoms with Crippen LogP contribution in [0.2, 0.25) is 5.02 Å². The topological polar surface area (TPSA) is 77.5 Å². The summed E-state index contributed by atoms with van der Waals surface area (Å²) in [4.78, 5) is 10.6. The molecule has 0 aliphatic carbocycles. The number of alkyl halides is 3. The molecule has 2 rings (SSSR count). The number of carboxylic acids is 1. The summed E-state index contributed by atoms with van der Waals surface area (Å²) in [6, 6.07) is 6.63. The molecule has 0 atom stereocenters. The molecule has 0 N–H and O–H groups in total. The van der Waals surface area contributed by atoms with Crippen molar-refractivity contribution in [2.45, 2.75) is 11.1 Å². The molecular formula is C17H12ClF3NO4S-. The molecule has 0 aliphatic rings. The maximum absolute atomic E-state index is 12.9. The van der Waals surface area contributed by atoms with Gasteiger partial charge in [-0.25, -0.2) is 8.42 Å². The third kappa shape index (κ3) is 4.42. The van der Waals surface area contributed by atoms with Crippen LogP contribution in [0.5, 0.6) is 0 Å². The van der Waals surface area contributed by atoms with Gasteiger partial charge in [-0.15, -0.1) is 6.58 Å². The lowest BCUT2D eigenvalue weighted by Gasteiger charge is -2.24. The highest BCUT2D eigenvalue weighted by molar-refractivity contribution is 7.92. The van der Waals surface area contributed by atoms with Crippen molar-refractivity contribution in [3.8, 4) is 0 Å². The predicted molar refractivity (Wildman–Crippen MR) is 92.0 cm³/mol. The zero-order chi connectivity index (χ0) is 20.4. The molecule has 0 amide bonds. The minimum absolute atomic E-state index is 0.233. The van der Waals surface area contributed by atoms with Gasteiger partial charge in [-0.3, -0.25) is 4.31 Å². The Morgan fingerprint density at radius 2 is 1.89 bits per heavy atom. The Hall–Kier alpha value is -2.52. The monoisotopic (exact) mass is 418 g/mol. The number of carbonyl (C=O) groups excluding carboxylic acids is 1. The molecule has 27 heavy (non-hydrogen) atoms. The van der Waals surface area contributed by atoms with Gasteiger partial charge in [0, 0.05) is 10.6 Å². The van der Waals surface area contributed by atoms with E-state index in [9.17, 15) is 31.5 Å². The van der Waals surface area contributed by atoms with Gasteiger partial charge in [-0.2, -0.15) is 13.2 Å². The molecule has 0 saturated carbocycles. The predicted octanol–water partition coefficient (Wildman–Crippen LogP) is 3.10. The number of nitrogens with zero attached hydrogens (tertiary/aromatic N) is 1. The lowest BCUT2D eigenvalue weighted by Crippen LogP contribution is -2.32. The largest absolute Gasteiger partial charge is 0.545 e. The fraction of sp³-hybridized carbons (Fsp3) is 0.118. The molecule has 0 fully saturated rings. The fourth-order valence-electron chi connectivity index (χ4n) is 2.25. The standard InChI is InChI=1S/C17H13ClF3NO4S/c1-2-8-22(12-5-3-4-11(9-12)17(19,20)21)27(25,26)13-6-7-15(18)14(10-13)16(23)24/h2-7,9-10H,1,8H2,(H,23,24)/p-1. The quantitative estimate of drug-likeness (QED) is 0.675. The number of aromatic carboxylic acids is 1. The minimum atomic E-state index is -4.66. The van der Waals surface area contributed by atoms with Crippen molar-refractivity contribution in [2.75, 3.05) is 10.8 Å². The zero-order valence-electron chi connectivity index (χ0n) is 13.5. The van der Waals surface area contributed by atoms with Gasteiger partial charge in [0.2, 0.25) is 0 Å². The van der Waals surface area contributed by atoms with Gasteiger partial charge in [-0.1, -0.05) is 23.7 Å². The lowest BCUT2D eigenvalue weighted by atomic mass is 10.2. The van der Waals surface area contributed by atoms with Crippen LogP contribution in [0, 0.1) is 0 Å². The van der Waals surface area contributed by atoms with E-state index in [-0.39, 0.29) is 17.3 Å². The smallest absolute Gasteiger partial charge is 0.416 e. The Labute approximate surface area is 158 Å². The summed E-state index contributed by atoms with van der Waals surface area (Å²) in [6.07, 6.45) is -3.48. The second-order valence-corrected chi connectivity index (χ2v) is 7.57. The molecule has 144 valence electrons. The number of rotatable bonds is 6. The van der Waals surface area contributed by atoms with Crippen LogP contribution in [0.4, 0.5) is 18.9 Å². The van der Waals surface area contributed by atoms with Crippen molar-refractivity contribution >= 4 is 33.3 Å². The molecule has 10 heteroatoms. The van der Waals surface area contributed by atoms with E-state index in [0.29, 0.717) is 10.4 Å². The van der Waals surface area contributed by atoms with Gasteiger partial charge in [0.25, 0.3) is 10.0 Å². The van der Waals surface area contributed by atoms with Crippen LogP contribution in [0.15, 0.2) is 60.0 Å². The van der Waals surface area contributed by atoms with Gasteiger partial charge in [0.05, 0.1) is 28.7 Å². The first kappa shape index (κ1) is 20.8. The summed E-state index contributed by atoms with van der Waals surface area (Å²) in [5, 5.41) is 10.8. The molecule has 0 radical (unpaired) electrons. The Bertz CT molecular complexity index is 990. The van der Waals surface area contributed by atoms with Gasteiger partial charge in [0.15, 0.2) is 0 Å². The number of hydrogen-bond acceptors (Lipinski definition) is 4. The normalized spacial score (nSPS) is 11.9. The SMILES string of the molecule is C=CCN(c1cccc(C(F)(F)F)c1)S(=O)(=O)c1ccc(Cl)c(C(=O)[O-])c1. The summed E-state index contributed by atoms with van der Waals surface area (Å²) >= 11 is 5.70. The Kier molecular flexibility index (Phi) is 5.86. The van der Waals surface area contributed by atoms with Crippen LogP contribution >= 0.6 is 11.6 Å². The second kappa shape index (κ2) is 7.61. The van der Waals surface area contributed by atoms with Crippen molar-refractivity contribution in [2.24, 2.45) is 0 Å². The number of carbonyl (C=O) groups is 1. The van der Waals surface area contributed by atoms with E-state index in [1.165, 1.54) is 12.1 Å². The summed E-state index contributed by atoms with van der Waals surface area (Å²) in [6.45, 7) is 3.07. The lowest BCUT2D eigenvalue weighted by molar-refractivity contribution is -0.255. The van der Waals surface area contributed by atoms with Crippen molar-refractivity contribution in [1.82, 2.24) is 0 Å². The van der Waals surface area contributed by atoms with Crippen LogP contribution in [-0.4, -0.2) is 20.9 Å². The number of benzene rings is 2. The molecule has 5 nitrogen and oxygen atoms in total. The van der Waals surface area contributed by atoms with Crippen LogP contribution in [-0.2, 0) is 16.2 Å². The van der Waals surface area contributed by atoms with E-state index in [0.717, 1.165) is 30.3 Å². The number of carboxylic acid groups (broad SMARTS) is 1. The molecular weight excluding hydrogens is 407 g/mol. The molecule has 0 spiro atoms. The second-order valence-electron chi connectivity index (χ2n) is 5.30. The Balaban J connectivity index is 2.61. The van der Waals surface area contributed by atoms with Gasteiger partial charge < -0.3 is 9.90 Å². The van der Waals surface area contributed by atoms with E-state index >= 15 is 0 Å². The summed E-state index contributed by atoms with van der Waals surface area (Å²) in [5.74, 6) is -1.69. The van der Waals surface area contributed by atoms with Crippen molar-refractivity contribution in [3.63, 3.8) is 0 Å². The van der Waals surface area contributed by atoms with E-state index in [2.05, 4.69) is 6.58 Å². The van der Waals surface area contributed by atoms with E-state index in [1.54, 1.807) is 0 Å². The molecule has 0 aliphatic heterocycles. The number of sulfonamides is 1. The average molecular weight is 419 g/mol. The van der Waals surface area contributed by atoms with Crippen LogP contribution in [0.1, 0.15) is 15.9 Å². The highest BCUT2D eigenvalue weighted by Gasteiger charge is 2.32. The maximum Gasteiger partial charge on any atom is 0.416 e. The van der Waals surface area contributed by atoms with E-state index in [1.807, 2.05) is 0 Å². The molecule has 2 aromatic carbocycles. The van der Waals surface area contributed by atoms with Gasteiger partial charge in [0.1, 0.15) is 0 Å².